The van der Waals surface area contributed by atoms with Gasteiger partial charge in [-0.2, -0.15) is 0 Å². The van der Waals surface area contributed by atoms with Crippen molar-refractivity contribution in [2.24, 2.45) is 0 Å². The van der Waals surface area contributed by atoms with Crippen LogP contribution in [0.2, 0.25) is 5.02 Å². The SMILES string of the molecule is CC(CNc1nccc(-c2sc(C3CC3)nc2-c2cc(Cl)cc(NS(C)(=O)=O)c2F)n1)NC(=O)OC(C)(C)C. The molecule has 0 bridgehead atoms. The summed E-state index contributed by atoms with van der Waals surface area (Å²) in [4.78, 5) is 26.2. The van der Waals surface area contributed by atoms with E-state index < -0.39 is 27.5 Å². The molecule has 1 amide bonds. The molecule has 1 saturated carbocycles. The lowest BCUT2D eigenvalue weighted by atomic mass is 10.1. The Morgan fingerprint density at radius 2 is 2.00 bits per heavy atom. The number of benzene rings is 1. The summed E-state index contributed by atoms with van der Waals surface area (Å²) >= 11 is 7.66. The van der Waals surface area contributed by atoms with E-state index in [9.17, 15) is 13.2 Å². The summed E-state index contributed by atoms with van der Waals surface area (Å²) in [6, 6.07) is 4.05. The largest absolute Gasteiger partial charge is 0.444 e. The molecule has 210 valence electrons. The molecule has 2 aromatic heterocycles. The fourth-order valence-corrected chi connectivity index (χ4v) is 5.59. The van der Waals surface area contributed by atoms with E-state index in [1.54, 1.807) is 33.0 Å². The number of halogens is 2. The zero-order valence-electron chi connectivity index (χ0n) is 22.1. The number of ether oxygens (including phenoxy) is 1. The minimum absolute atomic E-state index is 0.0649. The summed E-state index contributed by atoms with van der Waals surface area (Å²) in [5.74, 6) is -0.186. The summed E-state index contributed by atoms with van der Waals surface area (Å²) in [5.41, 5.74) is 0.0307. The van der Waals surface area contributed by atoms with Crippen LogP contribution in [0.25, 0.3) is 21.8 Å². The highest BCUT2D eigenvalue weighted by Gasteiger charge is 2.31. The smallest absolute Gasteiger partial charge is 0.407 e. The van der Waals surface area contributed by atoms with Gasteiger partial charge in [-0.15, -0.1) is 11.3 Å². The lowest BCUT2D eigenvalue weighted by Gasteiger charge is -2.22. The first kappa shape index (κ1) is 29.0. The van der Waals surface area contributed by atoms with Crippen LogP contribution in [-0.2, 0) is 14.8 Å². The predicted molar refractivity (Wildman–Crippen MR) is 151 cm³/mol. The number of carbonyl (C=O) groups excluding carboxylic acids is 1. The lowest BCUT2D eigenvalue weighted by Crippen LogP contribution is -2.41. The first-order valence-electron chi connectivity index (χ1n) is 12.2. The van der Waals surface area contributed by atoms with Crippen LogP contribution in [0, 0.1) is 5.82 Å². The summed E-state index contributed by atoms with van der Waals surface area (Å²) in [6.45, 7) is 7.50. The van der Waals surface area contributed by atoms with Crippen molar-refractivity contribution in [3.05, 3.63) is 40.2 Å². The molecule has 0 spiro atoms. The van der Waals surface area contributed by atoms with Crippen molar-refractivity contribution in [3.63, 3.8) is 0 Å². The fraction of sp³-hybridized carbons (Fsp3) is 0.440. The Hall–Kier alpha value is -3.03. The van der Waals surface area contributed by atoms with Gasteiger partial charge in [0.15, 0.2) is 5.82 Å². The second-order valence-corrected chi connectivity index (χ2v) is 13.6. The average Bonchev–Trinajstić information content (AvgIpc) is 3.56. The van der Waals surface area contributed by atoms with Gasteiger partial charge in [-0.25, -0.2) is 32.6 Å². The number of alkyl carbamates (subject to hydrolysis) is 1. The van der Waals surface area contributed by atoms with E-state index in [1.165, 1.54) is 23.5 Å². The van der Waals surface area contributed by atoms with Crippen molar-refractivity contribution in [2.45, 2.75) is 58.1 Å². The monoisotopic (exact) mass is 596 g/mol. The number of rotatable bonds is 9. The molecule has 0 radical (unpaired) electrons. The predicted octanol–water partition coefficient (Wildman–Crippen LogP) is 5.63. The van der Waals surface area contributed by atoms with Gasteiger partial charge in [0.25, 0.3) is 0 Å². The highest BCUT2D eigenvalue weighted by molar-refractivity contribution is 7.92. The Kier molecular flexibility index (Phi) is 8.33. The van der Waals surface area contributed by atoms with Gasteiger partial charge in [-0.1, -0.05) is 11.6 Å². The highest BCUT2D eigenvalue weighted by atomic mass is 35.5. The first-order valence-corrected chi connectivity index (χ1v) is 15.3. The number of anilines is 2. The average molecular weight is 597 g/mol. The second-order valence-electron chi connectivity index (χ2n) is 10.4. The van der Waals surface area contributed by atoms with Crippen molar-refractivity contribution in [1.82, 2.24) is 20.3 Å². The van der Waals surface area contributed by atoms with E-state index in [4.69, 9.17) is 21.3 Å². The van der Waals surface area contributed by atoms with Gasteiger partial charge in [-0.05, 0) is 58.7 Å². The van der Waals surface area contributed by atoms with Gasteiger partial charge in [0.1, 0.15) is 5.60 Å². The molecule has 1 aliphatic carbocycles. The van der Waals surface area contributed by atoms with Crippen LogP contribution in [0.15, 0.2) is 24.4 Å². The second kappa shape index (κ2) is 11.2. The Balaban J connectivity index is 1.62. The molecule has 1 fully saturated rings. The molecule has 14 heteroatoms. The topological polar surface area (TPSA) is 135 Å². The van der Waals surface area contributed by atoms with Gasteiger partial charge < -0.3 is 15.4 Å². The Bertz CT molecular complexity index is 1490. The summed E-state index contributed by atoms with van der Waals surface area (Å²) in [5, 5.41) is 6.85. The van der Waals surface area contributed by atoms with Gasteiger partial charge in [-0.3, -0.25) is 4.72 Å². The van der Waals surface area contributed by atoms with Crippen molar-refractivity contribution in [3.8, 4) is 21.8 Å². The van der Waals surface area contributed by atoms with E-state index in [0.717, 1.165) is 24.1 Å². The minimum Gasteiger partial charge on any atom is -0.444 e. The van der Waals surface area contributed by atoms with Gasteiger partial charge in [0.2, 0.25) is 16.0 Å². The number of hydrogen-bond donors (Lipinski definition) is 3. The van der Waals surface area contributed by atoms with Crippen molar-refractivity contribution >= 4 is 50.7 Å². The molecule has 0 saturated heterocycles. The number of aromatic nitrogens is 3. The molecule has 10 nitrogen and oxygen atoms in total. The maximum Gasteiger partial charge on any atom is 0.407 e. The maximum absolute atomic E-state index is 15.6. The molecule has 3 aromatic rings. The third kappa shape index (κ3) is 7.99. The molecule has 1 atom stereocenters. The minimum atomic E-state index is -3.74. The molecular weight excluding hydrogens is 567 g/mol. The van der Waals surface area contributed by atoms with Crippen molar-refractivity contribution in [1.29, 1.82) is 0 Å². The van der Waals surface area contributed by atoms with E-state index in [-0.39, 0.29) is 28.2 Å². The molecule has 1 aliphatic rings. The maximum atomic E-state index is 15.6. The van der Waals surface area contributed by atoms with Crippen LogP contribution in [-0.4, -0.2) is 53.9 Å². The Labute approximate surface area is 235 Å². The molecule has 39 heavy (non-hydrogen) atoms. The van der Waals surface area contributed by atoms with Crippen LogP contribution >= 0.6 is 22.9 Å². The number of nitrogens with zero attached hydrogens (tertiary/aromatic N) is 3. The lowest BCUT2D eigenvalue weighted by molar-refractivity contribution is 0.0511. The highest BCUT2D eigenvalue weighted by Crippen LogP contribution is 2.47. The number of carbonyl (C=O) groups is 1. The normalized spacial score (nSPS) is 14.5. The number of nitrogens with one attached hydrogen (secondary N) is 3. The molecular formula is C25H30ClFN6O4S2. The molecule has 4 rings (SSSR count). The van der Waals surface area contributed by atoms with Gasteiger partial charge in [0, 0.05) is 35.3 Å². The quantitative estimate of drug-likeness (QED) is 0.289. The van der Waals surface area contributed by atoms with Crippen LogP contribution < -0.4 is 15.4 Å². The number of thiazole rings is 1. The molecule has 0 aliphatic heterocycles. The van der Waals surface area contributed by atoms with Crippen LogP contribution in [0.5, 0.6) is 0 Å². The van der Waals surface area contributed by atoms with Crippen LogP contribution in [0.3, 0.4) is 0 Å². The Morgan fingerprint density at radius 3 is 2.64 bits per heavy atom. The van der Waals surface area contributed by atoms with Crippen molar-refractivity contribution in [2.75, 3.05) is 22.8 Å². The van der Waals surface area contributed by atoms with E-state index in [2.05, 4.69) is 25.3 Å². The fourth-order valence-electron chi connectivity index (χ4n) is 3.61. The molecule has 3 N–H and O–H groups in total. The Morgan fingerprint density at radius 1 is 1.28 bits per heavy atom. The zero-order chi connectivity index (χ0) is 28.5. The molecule has 1 aromatic carbocycles. The third-order valence-corrected chi connectivity index (χ3v) is 7.43. The van der Waals surface area contributed by atoms with E-state index >= 15 is 4.39 Å². The number of hydrogen-bond acceptors (Lipinski definition) is 9. The van der Waals surface area contributed by atoms with E-state index in [1.807, 2.05) is 6.92 Å². The van der Waals surface area contributed by atoms with E-state index in [0.29, 0.717) is 28.8 Å². The first-order chi connectivity index (χ1) is 18.2. The zero-order valence-corrected chi connectivity index (χ0v) is 24.5. The summed E-state index contributed by atoms with van der Waals surface area (Å²) < 4.78 is 46.6. The summed E-state index contributed by atoms with van der Waals surface area (Å²) in [7, 11) is -3.74. The summed E-state index contributed by atoms with van der Waals surface area (Å²) in [6.07, 6.45) is 3.96. The number of amides is 1. The van der Waals surface area contributed by atoms with Gasteiger partial charge >= 0.3 is 6.09 Å². The van der Waals surface area contributed by atoms with Crippen molar-refractivity contribution < 1.29 is 22.3 Å². The molecule has 1 unspecified atom stereocenters. The third-order valence-electron chi connectivity index (χ3n) is 5.38. The van der Waals surface area contributed by atoms with Crippen LogP contribution in [0.4, 0.5) is 20.8 Å². The standard InChI is InChI=1S/C25H30ClFN6O4S2/c1-13(30-24(34)37-25(2,3)4)12-29-23-28-9-8-17(31-23)21-20(32-22(38-21)14-6-7-14)16-10-15(26)11-18(19(16)27)33-39(5,35)36/h8-11,13-14,33H,6-7,12H2,1-5H3,(H,30,34)(H,28,29,31). The number of sulfonamides is 1. The van der Waals surface area contributed by atoms with Gasteiger partial charge in [0.05, 0.1) is 33.2 Å². The van der Waals surface area contributed by atoms with Crippen LogP contribution in [0.1, 0.15) is 51.5 Å². The molecule has 2 heterocycles.